The maximum atomic E-state index is 2.71. The Morgan fingerprint density at radius 2 is 0.381 bits per heavy atom. The molecule has 0 atom stereocenters. The van der Waals surface area contributed by atoms with Crippen LogP contribution in [0.2, 0.25) is 0 Å². The quantitative estimate of drug-likeness (QED) is 0.0564. The third kappa shape index (κ3) is 38.0. The summed E-state index contributed by atoms with van der Waals surface area (Å²) < 4.78 is 0. The van der Waals surface area contributed by atoms with E-state index in [0.29, 0.717) is 6.04 Å². The second-order valence-corrected chi connectivity index (χ2v) is 21.4. The van der Waals surface area contributed by atoms with Gasteiger partial charge in [-0.2, -0.15) is 0 Å². The molecule has 63 heavy (non-hydrogen) atoms. The first kappa shape index (κ1) is 60.3. The molecule has 3 heteroatoms. The van der Waals surface area contributed by atoms with Gasteiger partial charge in [-0.3, -0.25) is 4.90 Å². The van der Waals surface area contributed by atoms with Crippen LogP contribution in [-0.2, 0) is 0 Å². The standard InChI is InChI=1S/C60H121N3/c1-7-10-13-16-19-22-25-28-31-34-37-40-43-46-49-52-55-61(4)58-59(62(5)56-53-50-47-44-41-38-35-32-29-26-23-20-17-14-11-8-2)60(58)63(6)57-54-51-48-45-42-39-36-33-30-27-24-21-18-15-12-9-3/h58H,7-57H2,1-6H3. The van der Waals surface area contributed by atoms with E-state index in [4.69, 9.17) is 0 Å². The number of likely N-dealkylation sites (N-methyl/N-ethyl adjacent to an activating group) is 3. The van der Waals surface area contributed by atoms with Gasteiger partial charge in [0.15, 0.2) is 0 Å². The maximum absolute atomic E-state index is 2.71. The normalized spacial score (nSPS) is 13.0. The third-order valence-electron chi connectivity index (χ3n) is 15.0. The first-order valence-electron chi connectivity index (χ1n) is 29.9. The van der Waals surface area contributed by atoms with Crippen molar-refractivity contribution in [3.8, 4) is 0 Å². The summed E-state index contributed by atoms with van der Waals surface area (Å²) >= 11 is 0. The molecule has 0 N–H and O–H groups in total. The Labute approximate surface area is 400 Å². The van der Waals surface area contributed by atoms with Gasteiger partial charge >= 0.3 is 0 Å². The van der Waals surface area contributed by atoms with Gasteiger partial charge in [0.25, 0.3) is 0 Å². The van der Waals surface area contributed by atoms with E-state index in [-0.39, 0.29) is 0 Å². The zero-order chi connectivity index (χ0) is 45.5. The summed E-state index contributed by atoms with van der Waals surface area (Å²) in [5.74, 6) is 0. The molecule has 0 saturated carbocycles. The van der Waals surface area contributed by atoms with E-state index >= 15 is 0 Å². The Morgan fingerprint density at radius 3 is 0.571 bits per heavy atom. The van der Waals surface area contributed by atoms with Gasteiger partial charge in [-0.1, -0.05) is 310 Å². The highest BCUT2D eigenvalue weighted by Gasteiger charge is 2.44. The van der Waals surface area contributed by atoms with Crippen LogP contribution in [0.3, 0.4) is 0 Å². The summed E-state index contributed by atoms with van der Waals surface area (Å²) in [5, 5.41) is 0. The molecule has 1 aliphatic carbocycles. The largest absolute Gasteiger partial charge is 0.375 e. The smallest absolute Gasteiger partial charge is 0.0937 e. The Morgan fingerprint density at radius 1 is 0.222 bits per heavy atom. The SMILES string of the molecule is CCCCCCCCCCCCCCCCCCN(C)C1=C(N(C)CCCCCCCCCCCCCCCCCC)C1N(C)CCCCCCCCCCCCCCCCCC. The molecule has 3 nitrogen and oxygen atoms in total. The van der Waals surface area contributed by atoms with E-state index < -0.39 is 0 Å². The predicted octanol–water partition coefficient (Wildman–Crippen LogP) is 20.2. The Hall–Kier alpha value is -0.700. The lowest BCUT2D eigenvalue weighted by Crippen LogP contribution is -2.31. The molecule has 1 rings (SSSR count). The molecular formula is C60H121N3. The fraction of sp³-hybridized carbons (Fsp3) is 0.967. The van der Waals surface area contributed by atoms with Gasteiger partial charge < -0.3 is 9.80 Å². The van der Waals surface area contributed by atoms with Crippen LogP contribution in [0.15, 0.2) is 11.4 Å². The Balaban J connectivity index is 2.29. The molecule has 0 aromatic heterocycles. The lowest BCUT2D eigenvalue weighted by atomic mass is 10.0. The van der Waals surface area contributed by atoms with Crippen LogP contribution in [0.1, 0.15) is 329 Å². The summed E-state index contributed by atoms with van der Waals surface area (Å²) in [6, 6.07) is 0.554. The van der Waals surface area contributed by atoms with Crippen LogP contribution in [0.5, 0.6) is 0 Å². The molecule has 0 spiro atoms. The fourth-order valence-corrected chi connectivity index (χ4v) is 10.5. The molecule has 376 valence electrons. The maximum Gasteiger partial charge on any atom is 0.0937 e. The van der Waals surface area contributed by atoms with Crippen molar-refractivity contribution in [1.82, 2.24) is 14.7 Å². The van der Waals surface area contributed by atoms with E-state index in [1.54, 1.807) is 11.4 Å². The number of nitrogens with zero attached hydrogens (tertiary/aromatic N) is 3. The van der Waals surface area contributed by atoms with Crippen molar-refractivity contribution >= 4 is 0 Å². The summed E-state index contributed by atoms with van der Waals surface area (Å²) in [4.78, 5) is 8.04. The van der Waals surface area contributed by atoms with Crippen LogP contribution in [-0.4, -0.2) is 61.5 Å². The number of hydrogen-bond donors (Lipinski definition) is 0. The fourth-order valence-electron chi connectivity index (χ4n) is 10.5. The summed E-state index contributed by atoms with van der Waals surface area (Å²) in [7, 11) is 7.24. The third-order valence-corrected chi connectivity index (χ3v) is 15.0. The molecule has 0 heterocycles. The molecule has 0 amide bonds. The summed E-state index contributed by atoms with van der Waals surface area (Å²) in [6.45, 7) is 10.7. The van der Waals surface area contributed by atoms with Crippen LogP contribution in [0.25, 0.3) is 0 Å². The molecule has 0 aromatic carbocycles. The Bertz CT molecular complexity index is 876. The van der Waals surface area contributed by atoms with Gasteiger partial charge in [0.1, 0.15) is 0 Å². The second-order valence-electron chi connectivity index (χ2n) is 21.4. The molecule has 0 saturated heterocycles. The average molecular weight is 885 g/mol. The van der Waals surface area contributed by atoms with Gasteiger partial charge in [0.2, 0.25) is 0 Å². The number of rotatable bonds is 54. The van der Waals surface area contributed by atoms with E-state index in [0.717, 1.165) is 0 Å². The van der Waals surface area contributed by atoms with Crippen molar-refractivity contribution in [2.75, 3.05) is 40.8 Å². The van der Waals surface area contributed by atoms with Gasteiger partial charge in [-0.05, 0) is 32.9 Å². The van der Waals surface area contributed by atoms with Gasteiger partial charge in [0, 0.05) is 27.2 Å². The monoisotopic (exact) mass is 884 g/mol. The second kappa shape index (κ2) is 47.8. The molecular weight excluding hydrogens is 763 g/mol. The molecule has 0 fully saturated rings. The highest BCUT2D eigenvalue weighted by Crippen LogP contribution is 2.40. The van der Waals surface area contributed by atoms with E-state index in [2.05, 4.69) is 56.6 Å². The number of hydrogen-bond acceptors (Lipinski definition) is 3. The molecule has 0 unspecified atom stereocenters. The first-order chi connectivity index (χ1) is 31.1. The molecule has 0 bridgehead atoms. The van der Waals surface area contributed by atoms with Gasteiger partial charge in [-0.25, -0.2) is 0 Å². The van der Waals surface area contributed by atoms with Crippen molar-refractivity contribution in [2.45, 2.75) is 335 Å². The van der Waals surface area contributed by atoms with Gasteiger partial charge in [-0.15, -0.1) is 0 Å². The molecule has 0 aliphatic heterocycles. The zero-order valence-electron chi connectivity index (χ0n) is 45.0. The number of unbranched alkanes of at least 4 members (excludes halogenated alkanes) is 45. The lowest BCUT2D eigenvalue weighted by molar-refractivity contribution is 0.275. The summed E-state index contributed by atoms with van der Waals surface area (Å²) in [5.41, 5.74) is 3.29. The van der Waals surface area contributed by atoms with E-state index in [9.17, 15) is 0 Å². The topological polar surface area (TPSA) is 9.72 Å². The van der Waals surface area contributed by atoms with Gasteiger partial charge in [0.05, 0.1) is 17.4 Å². The van der Waals surface area contributed by atoms with Crippen LogP contribution in [0, 0.1) is 0 Å². The van der Waals surface area contributed by atoms with Crippen molar-refractivity contribution in [1.29, 1.82) is 0 Å². The van der Waals surface area contributed by atoms with Crippen molar-refractivity contribution in [3.63, 3.8) is 0 Å². The minimum absolute atomic E-state index is 0.554. The van der Waals surface area contributed by atoms with E-state index in [1.165, 1.54) is 328 Å². The van der Waals surface area contributed by atoms with Crippen molar-refractivity contribution in [3.05, 3.63) is 11.4 Å². The van der Waals surface area contributed by atoms with Crippen LogP contribution < -0.4 is 0 Å². The zero-order valence-corrected chi connectivity index (χ0v) is 45.0. The molecule has 0 aromatic rings. The van der Waals surface area contributed by atoms with E-state index in [1.807, 2.05) is 0 Å². The molecule has 0 radical (unpaired) electrons. The summed E-state index contributed by atoms with van der Waals surface area (Å²) in [6.07, 6.45) is 69.4. The predicted molar refractivity (Wildman–Crippen MR) is 287 cm³/mol. The molecule has 1 aliphatic rings. The minimum Gasteiger partial charge on any atom is -0.375 e. The average Bonchev–Trinajstić information content (AvgIpc) is 4.05. The van der Waals surface area contributed by atoms with Crippen molar-refractivity contribution < 1.29 is 0 Å². The van der Waals surface area contributed by atoms with Crippen molar-refractivity contribution in [2.24, 2.45) is 0 Å². The lowest BCUT2D eigenvalue weighted by Gasteiger charge is -2.23. The Kier molecular flexibility index (Phi) is 45.7. The first-order valence-corrected chi connectivity index (χ1v) is 29.9. The highest BCUT2D eigenvalue weighted by molar-refractivity contribution is 5.44. The minimum atomic E-state index is 0.554. The highest BCUT2D eigenvalue weighted by atomic mass is 15.3. The van der Waals surface area contributed by atoms with Crippen LogP contribution in [0.4, 0.5) is 0 Å². The van der Waals surface area contributed by atoms with Crippen LogP contribution >= 0.6 is 0 Å².